The molecular formula is C20H14F2N2O2. The highest BCUT2D eigenvalue weighted by atomic mass is 19.2. The van der Waals surface area contributed by atoms with Gasteiger partial charge in [-0.1, -0.05) is 48.6 Å². The molecule has 4 rings (SSSR count). The van der Waals surface area contributed by atoms with Gasteiger partial charge in [0.25, 0.3) is 0 Å². The Morgan fingerprint density at radius 2 is 1.85 bits per heavy atom. The van der Waals surface area contributed by atoms with Crippen molar-refractivity contribution in [1.82, 2.24) is 10.2 Å². The fourth-order valence-corrected chi connectivity index (χ4v) is 3.50. The van der Waals surface area contributed by atoms with Crippen molar-refractivity contribution in [1.29, 1.82) is 0 Å². The van der Waals surface area contributed by atoms with E-state index in [1.165, 1.54) is 6.07 Å². The van der Waals surface area contributed by atoms with Gasteiger partial charge in [-0.25, -0.2) is 13.6 Å². The number of allylic oxidation sites excluding steroid dienone is 1. The third-order valence-electron chi connectivity index (χ3n) is 4.80. The van der Waals surface area contributed by atoms with Gasteiger partial charge >= 0.3 is 5.97 Å². The van der Waals surface area contributed by atoms with Crippen LogP contribution in [0.4, 0.5) is 8.78 Å². The zero-order valence-electron chi connectivity index (χ0n) is 13.5. The summed E-state index contributed by atoms with van der Waals surface area (Å²) in [5, 5.41) is 15.9. The summed E-state index contributed by atoms with van der Waals surface area (Å²) in [4.78, 5) is 11.3. The number of fused-ring (bicyclic) bond motifs is 1. The van der Waals surface area contributed by atoms with Gasteiger partial charge in [0.15, 0.2) is 17.3 Å². The molecule has 1 aliphatic rings. The molecule has 26 heavy (non-hydrogen) atoms. The summed E-state index contributed by atoms with van der Waals surface area (Å²) in [6.45, 7) is 0. The molecule has 130 valence electrons. The number of halogens is 2. The molecule has 4 nitrogen and oxygen atoms in total. The van der Waals surface area contributed by atoms with Crippen LogP contribution in [-0.2, 0) is 11.8 Å². The number of aromatic carboxylic acids is 1. The average molecular weight is 352 g/mol. The van der Waals surface area contributed by atoms with Gasteiger partial charge < -0.3 is 5.11 Å². The van der Waals surface area contributed by atoms with Gasteiger partial charge in [0.2, 0.25) is 0 Å². The summed E-state index contributed by atoms with van der Waals surface area (Å²) in [5.74, 6) is -2.95. The minimum atomic E-state index is -1.12. The zero-order chi connectivity index (χ0) is 18.3. The van der Waals surface area contributed by atoms with Crippen LogP contribution in [0.25, 0.3) is 6.08 Å². The summed E-state index contributed by atoms with van der Waals surface area (Å²) in [5.41, 5.74) is 1.80. The SMILES string of the molecule is O=C(O)c1n[nH]c2c1C=CC(c1ccccc1)(c1ccc(F)c(F)c1)C2. The number of H-pyrrole nitrogens is 1. The summed E-state index contributed by atoms with van der Waals surface area (Å²) in [6, 6.07) is 13.3. The zero-order valence-corrected chi connectivity index (χ0v) is 13.5. The number of aromatic nitrogens is 2. The van der Waals surface area contributed by atoms with Gasteiger partial charge in [-0.15, -0.1) is 0 Å². The molecule has 0 fully saturated rings. The van der Waals surface area contributed by atoms with E-state index in [9.17, 15) is 18.7 Å². The van der Waals surface area contributed by atoms with E-state index in [1.807, 2.05) is 36.4 Å². The van der Waals surface area contributed by atoms with Gasteiger partial charge in [-0.05, 0) is 23.3 Å². The monoisotopic (exact) mass is 352 g/mol. The number of benzene rings is 2. The lowest BCUT2D eigenvalue weighted by Crippen LogP contribution is -2.31. The van der Waals surface area contributed by atoms with E-state index in [0.717, 1.165) is 11.6 Å². The van der Waals surface area contributed by atoms with Crippen LogP contribution in [0.2, 0.25) is 0 Å². The van der Waals surface area contributed by atoms with Crippen LogP contribution in [-0.4, -0.2) is 21.3 Å². The van der Waals surface area contributed by atoms with E-state index in [-0.39, 0.29) is 5.69 Å². The number of hydrogen-bond acceptors (Lipinski definition) is 2. The molecule has 0 radical (unpaired) electrons. The largest absolute Gasteiger partial charge is 0.476 e. The Morgan fingerprint density at radius 1 is 1.08 bits per heavy atom. The first-order valence-corrected chi connectivity index (χ1v) is 8.02. The van der Waals surface area contributed by atoms with Crippen LogP contribution in [0.1, 0.15) is 32.9 Å². The second-order valence-corrected chi connectivity index (χ2v) is 6.25. The number of hydrogen-bond donors (Lipinski definition) is 2. The van der Waals surface area contributed by atoms with Crippen molar-refractivity contribution >= 4 is 12.0 Å². The molecule has 1 atom stereocenters. The number of carbonyl (C=O) groups is 1. The first-order valence-electron chi connectivity index (χ1n) is 8.02. The molecular weight excluding hydrogens is 338 g/mol. The fourth-order valence-electron chi connectivity index (χ4n) is 3.50. The molecule has 1 unspecified atom stereocenters. The Balaban J connectivity index is 1.92. The summed E-state index contributed by atoms with van der Waals surface area (Å²) < 4.78 is 27.4. The van der Waals surface area contributed by atoms with E-state index in [4.69, 9.17) is 0 Å². The number of nitrogens with one attached hydrogen (secondary N) is 1. The molecule has 0 saturated heterocycles. The van der Waals surface area contributed by atoms with Crippen LogP contribution in [0.15, 0.2) is 54.6 Å². The number of carboxylic acids is 1. The molecule has 0 aliphatic heterocycles. The second kappa shape index (κ2) is 5.91. The Bertz CT molecular complexity index is 1030. The molecule has 1 aliphatic carbocycles. The highest BCUT2D eigenvalue weighted by Gasteiger charge is 2.37. The van der Waals surface area contributed by atoms with E-state index in [1.54, 1.807) is 12.1 Å². The number of carboxylic acid groups (broad SMARTS) is 1. The van der Waals surface area contributed by atoms with Crippen molar-refractivity contribution < 1.29 is 18.7 Å². The molecule has 2 aromatic carbocycles. The Hall–Kier alpha value is -3.28. The minimum absolute atomic E-state index is 0.0526. The van der Waals surface area contributed by atoms with Gasteiger partial charge in [0.1, 0.15) is 0 Å². The lowest BCUT2D eigenvalue weighted by molar-refractivity contribution is 0.0690. The Morgan fingerprint density at radius 3 is 2.54 bits per heavy atom. The summed E-state index contributed by atoms with van der Waals surface area (Å²) >= 11 is 0. The van der Waals surface area contributed by atoms with Crippen LogP contribution in [0.3, 0.4) is 0 Å². The molecule has 0 saturated carbocycles. The third kappa shape index (κ3) is 2.42. The highest BCUT2D eigenvalue weighted by Crippen LogP contribution is 2.42. The average Bonchev–Trinajstić information content (AvgIpc) is 3.07. The van der Waals surface area contributed by atoms with Crippen molar-refractivity contribution in [2.75, 3.05) is 0 Å². The van der Waals surface area contributed by atoms with Crippen molar-refractivity contribution in [2.45, 2.75) is 11.8 Å². The molecule has 0 spiro atoms. The smallest absolute Gasteiger partial charge is 0.357 e. The van der Waals surface area contributed by atoms with Crippen molar-refractivity contribution in [3.63, 3.8) is 0 Å². The third-order valence-corrected chi connectivity index (χ3v) is 4.80. The lowest BCUT2D eigenvalue weighted by Gasteiger charge is -2.34. The molecule has 1 aromatic heterocycles. The first kappa shape index (κ1) is 16.2. The maximum absolute atomic E-state index is 13.9. The Labute approximate surface area is 147 Å². The molecule has 3 aromatic rings. The summed E-state index contributed by atoms with van der Waals surface area (Å²) in [6.07, 6.45) is 3.87. The van der Waals surface area contributed by atoms with E-state index in [2.05, 4.69) is 10.2 Å². The van der Waals surface area contributed by atoms with E-state index in [0.29, 0.717) is 23.2 Å². The lowest BCUT2D eigenvalue weighted by atomic mass is 9.68. The van der Waals surface area contributed by atoms with Gasteiger partial charge in [-0.3, -0.25) is 5.10 Å². The van der Waals surface area contributed by atoms with E-state index >= 15 is 0 Å². The number of rotatable bonds is 3. The topological polar surface area (TPSA) is 66.0 Å². The molecule has 1 heterocycles. The highest BCUT2D eigenvalue weighted by molar-refractivity contribution is 5.91. The van der Waals surface area contributed by atoms with Crippen LogP contribution in [0, 0.1) is 11.6 Å². The maximum atomic E-state index is 13.9. The van der Waals surface area contributed by atoms with Crippen LogP contribution >= 0.6 is 0 Å². The number of aromatic amines is 1. The van der Waals surface area contributed by atoms with Crippen molar-refractivity contribution in [3.8, 4) is 0 Å². The van der Waals surface area contributed by atoms with E-state index < -0.39 is 23.0 Å². The van der Waals surface area contributed by atoms with Crippen LogP contribution in [0.5, 0.6) is 0 Å². The fraction of sp³-hybridized carbons (Fsp3) is 0.100. The normalized spacial score (nSPS) is 18.5. The number of nitrogens with zero attached hydrogens (tertiary/aromatic N) is 1. The first-order chi connectivity index (χ1) is 12.5. The van der Waals surface area contributed by atoms with Gasteiger partial charge in [0.05, 0.1) is 0 Å². The van der Waals surface area contributed by atoms with Crippen molar-refractivity contribution in [3.05, 3.63) is 94.3 Å². The minimum Gasteiger partial charge on any atom is -0.476 e. The van der Waals surface area contributed by atoms with Crippen molar-refractivity contribution in [2.24, 2.45) is 0 Å². The predicted octanol–water partition coefficient (Wildman–Crippen LogP) is 3.94. The predicted molar refractivity (Wildman–Crippen MR) is 91.9 cm³/mol. The Kier molecular flexibility index (Phi) is 3.68. The summed E-state index contributed by atoms with van der Waals surface area (Å²) in [7, 11) is 0. The quantitative estimate of drug-likeness (QED) is 0.750. The molecule has 6 heteroatoms. The molecule has 0 amide bonds. The van der Waals surface area contributed by atoms with Crippen LogP contribution < -0.4 is 0 Å². The van der Waals surface area contributed by atoms with Gasteiger partial charge in [-0.2, -0.15) is 5.10 Å². The molecule has 0 bridgehead atoms. The second-order valence-electron chi connectivity index (χ2n) is 6.25. The standard InChI is InChI=1S/C20H14F2N2O2/c21-15-7-6-13(10-16(15)22)20(12-4-2-1-3-5-12)9-8-14-17(11-20)23-24-18(14)19(25)26/h1-10H,11H2,(H,23,24)(H,25,26). The molecule has 2 N–H and O–H groups in total. The van der Waals surface area contributed by atoms with Gasteiger partial charge in [0, 0.05) is 23.1 Å². The maximum Gasteiger partial charge on any atom is 0.357 e.